The van der Waals surface area contributed by atoms with E-state index in [9.17, 15) is 14.4 Å². The van der Waals surface area contributed by atoms with Crippen LogP contribution in [0.2, 0.25) is 45.3 Å². The molecule has 0 unspecified atom stereocenters. The quantitative estimate of drug-likeness (QED) is 0.0428. The van der Waals surface area contributed by atoms with Crippen LogP contribution in [0.1, 0.15) is 13.3 Å². The van der Waals surface area contributed by atoms with Crippen molar-refractivity contribution in [2.45, 2.75) is 58.7 Å². The van der Waals surface area contributed by atoms with Gasteiger partial charge in [-0.15, -0.1) is 0 Å². The summed E-state index contributed by atoms with van der Waals surface area (Å²) in [7, 11) is -7.41. The third-order valence-electron chi connectivity index (χ3n) is 7.88. The van der Waals surface area contributed by atoms with Crippen LogP contribution >= 0.6 is 0 Å². The maximum atomic E-state index is 13.6. The number of nitrogens with zero attached hydrogens (tertiary/aromatic N) is 2. The smallest absolute Gasteiger partial charge is 0.321 e. The minimum absolute atomic E-state index is 0.159. The van der Waals surface area contributed by atoms with Gasteiger partial charge in [-0.1, -0.05) is 54.6 Å². The summed E-state index contributed by atoms with van der Waals surface area (Å²) in [5.41, 5.74) is 5.02. The molecule has 0 aliphatic heterocycles. The standard InChI is InChI=1S/C37H59N7O6Si3/c1-8-48-39-26-29-43(36(46)41-33-21-14-10-15-22-33)27-18-30-51(2,3)49-53(6,7)50-52(4,5)31-44(37(47)42-34-23-16-11-17-24-34)28-25-38-35(45)40-32-19-12-9-13-20-32/h9-17,19-24,39H,8,18,25-31H2,1-7H3,(H,41,46)(H,42,47)(H2,38,40,45). The number of anilines is 3. The lowest BCUT2D eigenvalue weighted by atomic mass is 10.3. The van der Waals surface area contributed by atoms with Gasteiger partial charge < -0.3 is 44.1 Å². The third kappa shape index (κ3) is 17.6. The second kappa shape index (κ2) is 21.6. The molecule has 3 rings (SSSR count). The zero-order chi connectivity index (χ0) is 38.7. The molecule has 13 nitrogen and oxygen atoms in total. The normalized spacial score (nSPS) is 11.8. The average Bonchev–Trinajstić information content (AvgIpc) is 3.09. The van der Waals surface area contributed by atoms with Gasteiger partial charge in [0.05, 0.1) is 6.61 Å². The van der Waals surface area contributed by atoms with Gasteiger partial charge in [0.1, 0.15) is 0 Å². The molecule has 3 aromatic rings. The predicted octanol–water partition coefficient (Wildman–Crippen LogP) is 7.49. The monoisotopic (exact) mass is 781 g/mol. The number of nitrogens with one attached hydrogen (secondary N) is 5. The van der Waals surface area contributed by atoms with E-state index >= 15 is 0 Å². The van der Waals surface area contributed by atoms with Crippen molar-refractivity contribution in [2.75, 3.05) is 61.4 Å². The van der Waals surface area contributed by atoms with E-state index in [-0.39, 0.29) is 31.2 Å². The van der Waals surface area contributed by atoms with E-state index in [1.54, 1.807) is 9.80 Å². The van der Waals surface area contributed by atoms with Crippen LogP contribution in [0.25, 0.3) is 0 Å². The molecule has 0 radical (unpaired) electrons. The van der Waals surface area contributed by atoms with E-state index in [0.29, 0.717) is 43.8 Å². The Labute approximate surface area is 318 Å². The Hall–Kier alpha value is -4.04. The molecule has 0 bridgehead atoms. The van der Waals surface area contributed by atoms with E-state index in [4.69, 9.17) is 13.1 Å². The Balaban J connectivity index is 1.59. The zero-order valence-electron chi connectivity index (χ0n) is 32.4. The third-order valence-corrected chi connectivity index (χ3v) is 18.9. The predicted molar refractivity (Wildman–Crippen MR) is 221 cm³/mol. The lowest BCUT2D eigenvalue weighted by molar-refractivity contribution is 0.0472. The summed E-state index contributed by atoms with van der Waals surface area (Å²) in [5.74, 6) is 0. The van der Waals surface area contributed by atoms with Crippen LogP contribution in [0, 0.1) is 0 Å². The van der Waals surface area contributed by atoms with Crippen molar-refractivity contribution < 1.29 is 27.5 Å². The van der Waals surface area contributed by atoms with Crippen molar-refractivity contribution in [3.05, 3.63) is 91.0 Å². The van der Waals surface area contributed by atoms with Crippen LogP contribution in [0.3, 0.4) is 0 Å². The molecule has 0 aliphatic rings. The molecular formula is C37H59N7O6Si3. The SMILES string of the molecule is CCONCCN(CCC[Si](C)(C)O[Si](C)(C)O[Si](C)(C)CN(CCNC(=O)Nc1ccccc1)C(=O)Nc1ccccc1)C(=O)Nc1ccccc1. The number of carbonyl (C=O) groups excluding carboxylic acids is 3. The highest BCUT2D eigenvalue weighted by Crippen LogP contribution is 2.25. The lowest BCUT2D eigenvalue weighted by Crippen LogP contribution is -2.57. The summed E-state index contributed by atoms with van der Waals surface area (Å²) in [6.07, 6.45) is 1.18. The van der Waals surface area contributed by atoms with Crippen molar-refractivity contribution in [1.82, 2.24) is 20.6 Å². The summed E-state index contributed by atoms with van der Waals surface area (Å²) in [6, 6.07) is 28.0. The Morgan fingerprint density at radius 2 is 1.08 bits per heavy atom. The zero-order valence-corrected chi connectivity index (χ0v) is 35.4. The summed E-state index contributed by atoms with van der Waals surface area (Å²) in [4.78, 5) is 48.1. The number of hydroxylamine groups is 1. The first kappa shape index (κ1) is 43.4. The van der Waals surface area contributed by atoms with Gasteiger partial charge in [-0.3, -0.25) is 0 Å². The highest BCUT2D eigenvalue weighted by atomic mass is 28.5. The Kier molecular flexibility index (Phi) is 17.7. The Morgan fingerprint density at radius 3 is 1.60 bits per heavy atom. The second-order valence-corrected chi connectivity index (χ2v) is 26.6. The molecule has 0 aromatic heterocycles. The summed E-state index contributed by atoms with van der Waals surface area (Å²) in [5, 5.41) is 11.7. The maximum Gasteiger partial charge on any atom is 0.321 e. The molecule has 0 fully saturated rings. The average molecular weight is 782 g/mol. The molecule has 53 heavy (non-hydrogen) atoms. The fraction of sp³-hybridized carbons (Fsp3) is 0.432. The molecular weight excluding hydrogens is 723 g/mol. The van der Waals surface area contributed by atoms with E-state index in [1.165, 1.54) is 0 Å². The van der Waals surface area contributed by atoms with Crippen molar-refractivity contribution in [1.29, 1.82) is 0 Å². The topological polar surface area (TPSA) is 146 Å². The highest BCUT2D eigenvalue weighted by molar-refractivity contribution is 6.88. The number of rotatable bonds is 21. The van der Waals surface area contributed by atoms with Crippen molar-refractivity contribution in [3.8, 4) is 0 Å². The fourth-order valence-corrected chi connectivity index (χ4v) is 20.0. The van der Waals surface area contributed by atoms with Gasteiger partial charge in [0.2, 0.25) is 0 Å². The van der Waals surface area contributed by atoms with Crippen LogP contribution < -0.4 is 26.7 Å². The molecule has 0 spiro atoms. The van der Waals surface area contributed by atoms with E-state index in [2.05, 4.69) is 66.0 Å². The molecule has 290 valence electrons. The number of benzene rings is 3. The molecule has 0 atom stereocenters. The van der Waals surface area contributed by atoms with Crippen molar-refractivity contribution in [3.63, 3.8) is 0 Å². The first-order chi connectivity index (χ1) is 25.2. The summed E-state index contributed by atoms with van der Waals surface area (Å²) < 4.78 is 13.8. The van der Waals surface area contributed by atoms with E-state index < -0.39 is 25.2 Å². The number of hydrogen-bond donors (Lipinski definition) is 5. The Morgan fingerprint density at radius 1 is 0.604 bits per heavy atom. The number of carbonyl (C=O) groups is 3. The van der Waals surface area contributed by atoms with Gasteiger partial charge in [0.15, 0.2) is 16.6 Å². The first-order valence-corrected chi connectivity index (χ1v) is 27.3. The number of amides is 6. The number of urea groups is 3. The molecule has 0 heterocycles. The molecule has 6 amide bonds. The van der Waals surface area contributed by atoms with Crippen LogP contribution in [0.5, 0.6) is 0 Å². The molecule has 0 saturated carbocycles. The van der Waals surface area contributed by atoms with Crippen LogP contribution in [-0.4, -0.2) is 98.6 Å². The van der Waals surface area contributed by atoms with Gasteiger partial charge in [0.25, 0.3) is 0 Å². The molecule has 16 heteroatoms. The van der Waals surface area contributed by atoms with E-state index in [0.717, 1.165) is 18.2 Å². The van der Waals surface area contributed by atoms with Crippen molar-refractivity contribution >= 4 is 60.4 Å². The van der Waals surface area contributed by atoms with Gasteiger partial charge in [-0.25, -0.2) is 19.9 Å². The molecule has 5 N–H and O–H groups in total. The number of para-hydroxylation sites is 3. The number of hydrogen-bond acceptors (Lipinski definition) is 7. The largest absolute Gasteiger partial charge is 0.437 e. The van der Waals surface area contributed by atoms with Gasteiger partial charge in [-0.05, 0) is 95.1 Å². The molecule has 0 saturated heterocycles. The lowest BCUT2D eigenvalue weighted by Gasteiger charge is -2.40. The van der Waals surface area contributed by atoms with Crippen LogP contribution in [-0.2, 0) is 13.1 Å². The summed E-state index contributed by atoms with van der Waals surface area (Å²) in [6.45, 7) is 17.3. The van der Waals surface area contributed by atoms with Crippen LogP contribution in [0.15, 0.2) is 91.0 Å². The minimum Gasteiger partial charge on any atom is -0.437 e. The van der Waals surface area contributed by atoms with Gasteiger partial charge >= 0.3 is 26.7 Å². The summed E-state index contributed by atoms with van der Waals surface area (Å²) >= 11 is 0. The van der Waals surface area contributed by atoms with E-state index in [1.807, 2.05) is 97.9 Å². The maximum absolute atomic E-state index is 13.6. The molecule has 0 aliphatic carbocycles. The van der Waals surface area contributed by atoms with Gasteiger partial charge in [-0.2, -0.15) is 0 Å². The van der Waals surface area contributed by atoms with Gasteiger partial charge in [0, 0.05) is 56.0 Å². The second-order valence-electron chi connectivity index (χ2n) is 14.3. The Bertz CT molecular complexity index is 1540. The van der Waals surface area contributed by atoms with Crippen molar-refractivity contribution in [2.24, 2.45) is 0 Å². The minimum atomic E-state index is -2.66. The van der Waals surface area contributed by atoms with Crippen LogP contribution in [0.4, 0.5) is 31.4 Å². The first-order valence-electron chi connectivity index (χ1n) is 18.2. The molecule has 3 aromatic carbocycles. The highest BCUT2D eigenvalue weighted by Gasteiger charge is 2.41. The fourth-order valence-electron chi connectivity index (χ4n) is 5.96.